The molecule has 0 spiro atoms. The number of rotatable bonds is 6. The van der Waals surface area contributed by atoms with E-state index >= 15 is 0 Å². The number of hydrogen-bond acceptors (Lipinski definition) is 3. The monoisotopic (exact) mass is 241 g/mol. The van der Waals surface area contributed by atoms with Crippen LogP contribution >= 0.6 is 0 Å². The molecule has 0 N–H and O–H groups in total. The van der Waals surface area contributed by atoms with Gasteiger partial charge in [-0.15, -0.1) is 0 Å². The molecule has 100 valence electrons. The summed E-state index contributed by atoms with van der Waals surface area (Å²) in [5.74, 6) is 1.42. The van der Waals surface area contributed by atoms with Crippen molar-refractivity contribution in [2.75, 3.05) is 26.8 Å². The fourth-order valence-electron chi connectivity index (χ4n) is 2.75. The van der Waals surface area contributed by atoms with Crippen LogP contribution in [0.15, 0.2) is 0 Å². The largest absolute Gasteiger partial charge is 0.383 e. The van der Waals surface area contributed by atoms with E-state index in [0.29, 0.717) is 17.7 Å². The summed E-state index contributed by atoms with van der Waals surface area (Å²) < 4.78 is 5.20. The van der Waals surface area contributed by atoms with Gasteiger partial charge in [0.2, 0.25) is 0 Å². The number of nitrogens with zero attached hydrogens (tertiary/aromatic N) is 1. The summed E-state index contributed by atoms with van der Waals surface area (Å²) in [7, 11) is 1.73. The molecule has 1 aliphatic carbocycles. The van der Waals surface area contributed by atoms with Gasteiger partial charge < -0.3 is 4.74 Å². The molecule has 0 bridgehead atoms. The summed E-state index contributed by atoms with van der Waals surface area (Å²) in [6.07, 6.45) is 2.92. The minimum Gasteiger partial charge on any atom is -0.383 e. The SMILES string of the molecule is CCN(CC1CC(C)CCC1=O)C(C)COC. The van der Waals surface area contributed by atoms with Crippen LogP contribution in [0.4, 0.5) is 0 Å². The maximum Gasteiger partial charge on any atom is 0.137 e. The highest BCUT2D eigenvalue weighted by molar-refractivity contribution is 5.81. The van der Waals surface area contributed by atoms with Crippen LogP contribution in [-0.2, 0) is 9.53 Å². The Morgan fingerprint density at radius 1 is 1.53 bits per heavy atom. The summed E-state index contributed by atoms with van der Waals surface area (Å²) in [4.78, 5) is 14.3. The zero-order valence-corrected chi connectivity index (χ0v) is 11.7. The van der Waals surface area contributed by atoms with Crippen LogP contribution in [0.2, 0.25) is 0 Å². The number of ether oxygens (including phenoxy) is 1. The molecule has 1 saturated carbocycles. The standard InChI is InChI=1S/C14H27NO2/c1-5-15(12(3)10-17-4)9-13-8-11(2)6-7-14(13)16/h11-13H,5-10H2,1-4H3. The molecule has 1 fully saturated rings. The lowest BCUT2D eigenvalue weighted by Crippen LogP contribution is -2.42. The zero-order valence-electron chi connectivity index (χ0n) is 11.7. The minimum absolute atomic E-state index is 0.248. The smallest absolute Gasteiger partial charge is 0.137 e. The fourth-order valence-corrected chi connectivity index (χ4v) is 2.75. The molecule has 0 heterocycles. The first-order valence-electron chi connectivity index (χ1n) is 6.84. The molecule has 0 aromatic carbocycles. The molecule has 17 heavy (non-hydrogen) atoms. The van der Waals surface area contributed by atoms with Gasteiger partial charge >= 0.3 is 0 Å². The van der Waals surface area contributed by atoms with E-state index in [9.17, 15) is 4.79 Å². The number of carbonyl (C=O) groups excluding carboxylic acids is 1. The van der Waals surface area contributed by atoms with Gasteiger partial charge in [0.25, 0.3) is 0 Å². The first-order valence-corrected chi connectivity index (χ1v) is 6.84. The number of Topliss-reactive ketones (excluding diaryl/α,β-unsaturated/α-hetero) is 1. The van der Waals surface area contributed by atoms with Crippen molar-refractivity contribution in [1.82, 2.24) is 4.90 Å². The van der Waals surface area contributed by atoms with Gasteiger partial charge in [0.15, 0.2) is 0 Å². The van der Waals surface area contributed by atoms with Crippen molar-refractivity contribution >= 4 is 5.78 Å². The van der Waals surface area contributed by atoms with Crippen LogP contribution in [-0.4, -0.2) is 43.5 Å². The summed E-state index contributed by atoms with van der Waals surface area (Å²) in [6, 6.07) is 0.398. The Balaban J connectivity index is 2.51. The third kappa shape index (κ3) is 4.40. The average Bonchev–Trinajstić information content (AvgIpc) is 2.30. The lowest BCUT2D eigenvalue weighted by atomic mass is 9.81. The third-order valence-corrected chi connectivity index (χ3v) is 3.92. The average molecular weight is 241 g/mol. The number of methoxy groups -OCH3 is 1. The lowest BCUT2D eigenvalue weighted by Gasteiger charge is -2.33. The maximum absolute atomic E-state index is 11.9. The first kappa shape index (κ1) is 14.7. The lowest BCUT2D eigenvalue weighted by molar-refractivity contribution is -0.126. The van der Waals surface area contributed by atoms with Gasteiger partial charge in [-0.1, -0.05) is 13.8 Å². The van der Waals surface area contributed by atoms with E-state index in [0.717, 1.165) is 39.0 Å². The minimum atomic E-state index is 0.248. The zero-order chi connectivity index (χ0) is 12.8. The van der Waals surface area contributed by atoms with Crippen molar-refractivity contribution < 1.29 is 9.53 Å². The third-order valence-electron chi connectivity index (χ3n) is 3.92. The predicted molar refractivity (Wildman–Crippen MR) is 70.1 cm³/mol. The van der Waals surface area contributed by atoms with E-state index in [1.165, 1.54) is 0 Å². The molecular weight excluding hydrogens is 214 g/mol. The summed E-state index contributed by atoms with van der Waals surface area (Å²) >= 11 is 0. The van der Waals surface area contributed by atoms with Crippen LogP contribution in [0.1, 0.15) is 40.0 Å². The number of likely N-dealkylation sites (N-methyl/N-ethyl adjacent to an activating group) is 1. The van der Waals surface area contributed by atoms with Crippen LogP contribution in [0.3, 0.4) is 0 Å². The molecule has 0 radical (unpaired) electrons. The van der Waals surface area contributed by atoms with Crippen LogP contribution in [0.25, 0.3) is 0 Å². The molecule has 0 aromatic heterocycles. The van der Waals surface area contributed by atoms with E-state index in [-0.39, 0.29) is 5.92 Å². The van der Waals surface area contributed by atoms with Gasteiger partial charge in [0, 0.05) is 32.0 Å². The molecule has 3 atom stereocenters. The molecule has 0 aliphatic heterocycles. The quantitative estimate of drug-likeness (QED) is 0.715. The summed E-state index contributed by atoms with van der Waals surface area (Å²) in [5, 5.41) is 0. The highest BCUT2D eigenvalue weighted by Crippen LogP contribution is 2.27. The van der Waals surface area contributed by atoms with Gasteiger partial charge in [-0.05, 0) is 32.2 Å². The molecular formula is C14H27NO2. The Labute approximate surface area is 106 Å². The number of hydrogen-bond donors (Lipinski definition) is 0. The Morgan fingerprint density at radius 3 is 2.82 bits per heavy atom. The molecule has 0 aromatic rings. The fraction of sp³-hybridized carbons (Fsp3) is 0.929. The molecule has 3 nitrogen and oxygen atoms in total. The van der Waals surface area contributed by atoms with Gasteiger partial charge in [-0.2, -0.15) is 0 Å². The van der Waals surface area contributed by atoms with Crippen molar-refractivity contribution in [2.24, 2.45) is 11.8 Å². The van der Waals surface area contributed by atoms with E-state index in [1.807, 2.05) is 0 Å². The molecule has 1 aliphatic rings. The van der Waals surface area contributed by atoms with Crippen molar-refractivity contribution in [1.29, 1.82) is 0 Å². The van der Waals surface area contributed by atoms with E-state index < -0.39 is 0 Å². The highest BCUT2D eigenvalue weighted by atomic mass is 16.5. The molecule has 0 amide bonds. The van der Waals surface area contributed by atoms with E-state index in [1.54, 1.807) is 7.11 Å². The maximum atomic E-state index is 11.9. The second-order valence-electron chi connectivity index (χ2n) is 5.43. The Bertz CT molecular complexity index is 242. The highest BCUT2D eigenvalue weighted by Gasteiger charge is 2.28. The van der Waals surface area contributed by atoms with Crippen LogP contribution in [0.5, 0.6) is 0 Å². The normalized spacial score (nSPS) is 27.5. The topological polar surface area (TPSA) is 29.5 Å². The number of ketones is 1. The Morgan fingerprint density at radius 2 is 2.24 bits per heavy atom. The van der Waals surface area contributed by atoms with Crippen molar-refractivity contribution in [3.05, 3.63) is 0 Å². The van der Waals surface area contributed by atoms with Gasteiger partial charge in [0.05, 0.1) is 6.61 Å². The predicted octanol–water partition coefficient (Wildman–Crippen LogP) is 2.35. The van der Waals surface area contributed by atoms with E-state index in [4.69, 9.17) is 4.74 Å². The first-order chi connectivity index (χ1) is 8.08. The van der Waals surface area contributed by atoms with Crippen molar-refractivity contribution in [3.8, 4) is 0 Å². The summed E-state index contributed by atoms with van der Waals surface area (Å²) in [6.45, 7) is 9.22. The second-order valence-corrected chi connectivity index (χ2v) is 5.43. The number of carbonyl (C=O) groups is 1. The second kappa shape index (κ2) is 7.12. The van der Waals surface area contributed by atoms with Crippen LogP contribution in [0, 0.1) is 11.8 Å². The molecule has 3 heteroatoms. The van der Waals surface area contributed by atoms with Gasteiger partial charge in [0.1, 0.15) is 5.78 Å². The summed E-state index contributed by atoms with van der Waals surface area (Å²) in [5.41, 5.74) is 0. The van der Waals surface area contributed by atoms with E-state index in [2.05, 4.69) is 25.7 Å². The van der Waals surface area contributed by atoms with Gasteiger partial charge in [-0.25, -0.2) is 0 Å². The molecule has 1 rings (SSSR count). The Kier molecular flexibility index (Phi) is 6.14. The molecule has 0 saturated heterocycles. The van der Waals surface area contributed by atoms with Gasteiger partial charge in [-0.3, -0.25) is 9.69 Å². The van der Waals surface area contributed by atoms with Crippen molar-refractivity contribution in [2.45, 2.75) is 46.1 Å². The van der Waals surface area contributed by atoms with Crippen LogP contribution < -0.4 is 0 Å². The Hall–Kier alpha value is -0.410. The molecule has 3 unspecified atom stereocenters. The van der Waals surface area contributed by atoms with Crippen molar-refractivity contribution in [3.63, 3.8) is 0 Å².